The van der Waals surface area contributed by atoms with E-state index in [9.17, 15) is 19.0 Å². The third-order valence-electron chi connectivity index (χ3n) is 2.52. The van der Waals surface area contributed by atoms with Gasteiger partial charge in [0.1, 0.15) is 0 Å². The fourth-order valence-corrected chi connectivity index (χ4v) is 5.54. The van der Waals surface area contributed by atoms with Crippen molar-refractivity contribution in [2.45, 2.75) is 23.7 Å². The number of rotatable bonds is 7. The summed E-state index contributed by atoms with van der Waals surface area (Å²) in [6, 6.07) is 0. The van der Waals surface area contributed by atoms with Gasteiger partial charge in [0.25, 0.3) is 5.08 Å². The SMILES string of the molecule is CC(=O)SC(CC(O)(P(=O)(O)O)P(=O)(O)O)C[N+](C)(C)C. The molecule has 0 heterocycles. The van der Waals surface area contributed by atoms with Crippen molar-refractivity contribution in [1.29, 1.82) is 0 Å². The molecule has 0 aliphatic carbocycles. The molecular weight excluding hydrogens is 344 g/mol. The van der Waals surface area contributed by atoms with Crippen molar-refractivity contribution in [3.8, 4) is 0 Å². The monoisotopic (exact) mass is 366 g/mol. The highest BCUT2D eigenvalue weighted by molar-refractivity contribution is 8.14. The van der Waals surface area contributed by atoms with Crippen molar-refractivity contribution in [2.75, 3.05) is 27.7 Å². The Morgan fingerprint density at radius 2 is 1.52 bits per heavy atom. The number of aliphatic hydroxyl groups is 1. The van der Waals surface area contributed by atoms with Gasteiger partial charge in [0, 0.05) is 13.3 Å². The maximum absolute atomic E-state index is 11.3. The van der Waals surface area contributed by atoms with Crippen LogP contribution < -0.4 is 0 Å². The quantitative estimate of drug-likeness (QED) is 0.303. The molecule has 0 aliphatic heterocycles. The average Bonchev–Trinajstić information content (AvgIpc) is 2.08. The Labute approximate surface area is 127 Å². The predicted molar refractivity (Wildman–Crippen MR) is 78.6 cm³/mol. The Balaban J connectivity index is 5.58. The van der Waals surface area contributed by atoms with E-state index in [1.54, 1.807) is 21.1 Å². The highest BCUT2D eigenvalue weighted by Crippen LogP contribution is 2.69. The van der Waals surface area contributed by atoms with Crippen LogP contribution in [0.5, 0.6) is 0 Å². The molecule has 0 radical (unpaired) electrons. The largest absolute Gasteiger partial charge is 0.369 e. The van der Waals surface area contributed by atoms with Crippen LogP contribution in [0.15, 0.2) is 0 Å². The summed E-state index contributed by atoms with van der Waals surface area (Å²) < 4.78 is 23.0. The Hall–Kier alpha value is 0.240. The van der Waals surface area contributed by atoms with Crippen LogP contribution in [0.1, 0.15) is 13.3 Å². The van der Waals surface area contributed by atoms with E-state index in [1.165, 1.54) is 6.92 Å². The van der Waals surface area contributed by atoms with Crippen LogP contribution in [0.25, 0.3) is 0 Å². The lowest BCUT2D eigenvalue weighted by molar-refractivity contribution is -0.869. The fourth-order valence-electron chi connectivity index (χ4n) is 1.70. The Morgan fingerprint density at radius 3 is 1.76 bits per heavy atom. The molecular formula is C9H22NO8P2S+. The highest BCUT2D eigenvalue weighted by Gasteiger charge is 2.60. The second-order valence-electron chi connectivity index (χ2n) is 5.77. The molecule has 0 aliphatic rings. The molecule has 21 heavy (non-hydrogen) atoms. The lowest BCUT2D eigenvalue weighted by Gasteiger charge is -2.34. The van der Waals surface area contributed by atoms with E-state index in [-0.39, 0.29) is 16.1 Å². The van der Waals surface area contributed by atoms with E-state index in [0.717, 1.165) is 0 Å². The fraction of sp³-hybridized carbons (Fsp3) is 0.889. The Kier molecular flexibility index (Phi) is 6.86. The third-order valence-corrected chi connectivity index (χ3v) is 7.29. The van der Waals surface area contributed by atoms with Crippen molar-refractivity contribution in [3.63, 3.8) is 0 Å². The molecule has 0 saturated carbocycles. The molecule has 0 fully saturated rings. The molecule has 0 bridgehead atoms. The van der Waals surface area contributed by atoms with Gasteiger partial charge >= 0.3 is 15.2 Å². The van der Waals surface area contributed by atoms with Crippen LogP contribution in [-0.4, -0.2) is 72.3 Å². The summed E-state index contributed by atoms with van der Waals surface area (Å²) in [5.41, 5.74) is 0. The first-order valence-electron chi connectivity index (χ1n) is 5.81. The van der Waals surface area contributed by atoms with Gasteiger partial charge in [0.15, 0.2) is 5.12 Å². The molecule has 0 amide bonds. The zero-order valence-corrected chi connectivity index (χ0v) is 14.8. The van der Waals surface area contributed by atoms with Gasteiger partial charge in [-0.3, -0.25) is 13.9 Å². The molecule has 0 aromatic heterocycles. The van der Waals surface area contributed by atoms with E-state index in [1.807, 2.05) is 0 Å². The minimum absolute atomic E-state index is 0.173. The van der Waals surface area contributed by atoms with Crippen molar-refractivity contribution in [1.82, 2.24) is 0 Å². The predicted octanol–water partition coefficient (Wildman–Crippen LogP) is -0.268. The number of hydrogen-bond acceptors (Lipinski definition) is 5. The van der Waals surface area contributed by atoms with Gasteiger partial charge in [-0.05, 0) is 0 Å². The van der Waals surface area contributed by atoms with Crippen molar-refractivity contribution >= 4 is 32.1 Å². The maximum atomic E-state index is 11.3. The van der Waals surface area contributed by atoms with Gasteiger partial charge in [-0.1, -0.05) is 11.8 Å². The molecule has 0 aromatic carbocycles. The van der Waals surface area contributed by atoms with Crippen LogP contribution in [0.2, 0.25) is 0 Å². The molecule has 0 saturated heterocycles. The first kappa shape index (κ1) is 21.2. The number of hydrogen-bond donors (Lipinski definition) is 5. The molecule has 1 unspecified atom stereocenters. The Morgan fingerprint density at radius 1 is 1.14 bits per heavy atom. The summed E-state index contributed by atoms with van der Waals surface area (Å²) in [5.74, 6) is 0. The second-order valence-corrected chi connectivity index (χ2v) is 11.3. The lowest BCUT2D eigenvalue weighted by atomic mass is 10.3. The highest BCUT2D eigenvalue weighted by atomic mass is 32.2. The van der Waals surface area contributed by atoms with E-state index in [0.29, 0.717) is 11.8 Å². The first-order valence-corrected chi connectivity index (χ1v) is 9.91. The van der Waals surface area contributed by atoms with Gasteiger partial charge in [-0.2, -0.15) is 0 Å². The normalized spacial score (nSPS) is 15.9. The molecule has 9 nitrogen and oxygen atoms in total. The maximum Gasteiger partial charge on any atom is 0.369 e. The molecule has 0 rings (SSSR count). The zero-order chi connectivity index (χ0) is 17.3. The van der Waals surface area contributed by atoms with Crippen molar-refractivity contribution in [2.24, 2.45) is 0 Å². The van der Waals surface area contributed by atoms with Crippen LogP contribution in [0.4, 0.5) is 0 Å². The van der Waals surface area contributed by atoms with Crippen LogP contribution in [-0.2, 0) is 13.9 Å². The molecule has 12 heteroatoms. The lowest BCUT2D eigenvalue weighted by Crippen LogP contribution is -2.44. The van der Waals surface area contributed by atoms with Gasteiger partial charge in [-0.15, -0.1) is 0 Å². The van der Waals surface area contributed by atoms with E-state index >= 15 is 0 Å². The first-order chi connectivity index (χ1) is 8.99. The Bertz CT molecular complexity index is 457. The smallest absolute Gasteiger partial charge is 0.367 e. The van der Waals surface area contributed by atoms with E-state index < -0.39 is 31.9 Å². The van der Waals surface area contributed by atoms with E-state index in [2.05, 4.69) is 0 Å². The number of thioether (sulfide) groups is 1. The summed E-state index contributed by atoms with van der Waals surface area (Å²) in [6.07, 6.45) is -0.901. The average molecular weight is 366 g/mol. The summed E-state index contributed by atoms with van der Waals surface area (Å²) in [7, 11) is -5.81. The van der Waals surface area contributed by atoms with Gasteiger partial charge in [0.2, 0.25) is 0 Å². The van der Waals surface area contributed by atoms with Crippen molar-refractivity contribution in [3.05, 3.63) is 0 Å². The van der Waals surface area contributed by atoms with E-state index in [4.69, 9.17) is 19.6 Å². The van der Waals surface area contributed by atoms with Crippen LogP contribution in [0, 0.1) is 0 Å². The third kappa shape index (κ3) is 6.48. The van der Waals surface area contributed by atoms with Gasteiger partial charge < -0.3 is 29.2 Å². The number of carbonyl (C=O) groups excluding carboxylic acids is 1. The molecule has 5 N–H and O–H groups in total. The zero-order valence-electron chi connectivity index (χ0n) is 12.2. The number of quaternary nitrogens is 1. The number of nitrogens with zero attached hydrogens (tertiary/aromatic N) is 1. The van der Waals surface area contributed by atoms with Crippen LogP contribution in [0.3, 0.4) is 0 Å². The molecule has 0 spiro atoms. The minimum Gasteiger partial charge on any atom is -0.367 e. The second kappa shape index (κ2) is 6.78. The molecule has 0 aromatic rings. The number of carbonyl (C=O) groups is 1. The van der Waals surface area contributed by atoms with Gasteiger partial charge in [0.05, 0.1) is 32.9 Å². The summed E-state index contributed by atoms with van der Waals surface area (Å²) in [4.78, 5) is 47.7. The van der Waals surface area contributed by atoms with Crippen molar-refractivity contribution < 1.29 is 43.1 Å². The molecule has 126 valence electrons. The van der Waals surface area contributed by atoms with Crippen LogP contribution >= 0.6 is 27.0 Å². The minimum atomic E-state index is -5.51. The summed E-state index contributed by atoms with van der Waals surface area (Å²) in [6.45, 7) is 1.40. The summed E-state index contributed by atoms with van der Waals surface area (Å²) >= 11 is 0.684. The topological polar surface area (TPSA) is 152 Å². The standard InChI is InChI=1S/C9H21NO8P2S/c1-7(11)21-8(6-10(2,3)4)5-9(12,19(13,14)15)20(16,17)18/h8,12H,5-6H2,1-4H3,(H3-,13,14,15,16,17,18)/p+1. The van der Waals surface area contributed by atoms with Gasteiger partial charge in [-0.25, -0.2) is 0 Å². The summed E-state index contributed by atoms with van der Waals surface area (Å²) in [5, 5.41) is 5.16. The molecule has 1 atom stereocenters.